The summed E-state index contributed by atoms with van der Waals surface area (Å²) in [6.07, 6.45) is -5.41. The molecule has 33 heavy (non-hydrogen) atoms. The number of amides is 1. The third kappa shape index (κ3) is 9.13. The molecule has 1 aromatic rings. The fraction of sp³-hybridized carbons (Fsp3) is 0.667. The normalized spacial score (nSPS) is 18.5. The summed E-state index contributed by atoms with van der Waals surface area (Å²) in [5, 5.41) is 10.0. The van der Waals surface area contributed by atoms with Crippen molar-refractivity contribution < 1.29 is 46.1 Å². The van der Waals surface area contributed by atoms with Crippen LogP contribution in [0.15, 0.2) is 24.3 Å². The zero-order chi connectivity index (χ0) is 24.4. The maximum Gasteiger partial charge on any atom is 0.330 e. The number of hydrogen-bond acceptors (Lipinski definition) is 6. The van der Waals surface area contributed by atoms with Gasteiger partial charge in [0, 0.05) is 45.4 Å². The van der Waals surface area contributed by atoms with Crippen LogP contribution in [0.4, 0.5) is 22.0 Å². The highest BCUT2D eigenvalue weighted by Crippen LogP contribution is 2.23. The van der Waals surface area contributed by atoms with Gasteiger partial charge in [-0.25, -0.2) is 13.2 Å². The predicted octanol–water partition coefficient (Wildman–Crippen LogP) is 1.89. The van der Waals surface area contributed by atoms with Crippen molar-refractivity contribution in [3.63, 3.8) is 0 Å². The summed E-state index contributed by atoms with van der Waals surface area (Å²) in [6.45, 7) is -0.0715. The van der Waals surface area contributed by atoms with Crippen molar-refractivity contribution in [2.45, 2.75) is 24.6 Å². The van der Waals surface area contributed by atoms with Crippen LogP contribution in [0.3, 0.4) is 0 Å². The standard InChI is InChI=1S/C21H29F5N2O5/c1-31-8-7-28(19(30)15-2-4-16(22)5-3-15)12-18-11-27(6-9-33-18)10-17(29)13-32-14-21(25,26)20(23)24/h2-5,17-18,20,29H,6-14H2,1H3/t17-,18+/m0/s1. The molecule has 1 aromatic carbocycles. The largest absolute Gasteiger partial charge is 0.389 e. The van der Waals surface area contributed by atoms with E-state index in [1.165, 1.54) is 36.3 Å². The van der Waals surface area contributed by atoms with E-state index in [1.54, 1.807) is 0 Å². The lowest BCUT2D eigenvalue weighted by Crippen LogP contribution is -2.51. The second kappa shape index (κ2) is 13.1. The van der Waals surface area contributed by atoms with Crippen molar-refractivity contribution in [2.24, 2.45) is 0 Å². The molecular formula is C21H29F5N2O5. The van der Waals surface area contributed by atoms with E-state index in [2.05, 4.69) is 4.74 Å². The van der Waals surface area contributed by atoms with Crippen molar-refractivity contribution in [3.05, 3.63) is 35.6 Å². The molecule has 12 heteroatoms. The number of methoxy groups -OCH3 is 1. The van der Waals surface area contributed by atoms with E-state index in [1.807, 2.05) is 4.90 Å². The van der Waals surface area contributed by atoms with Crippen LogP contribution in [0, 0.1) is 5.82 Å². The van der Waals surface area contributed by atoms with E-state index in [9.17, 15) is 31.9 Å². The molecule has 1 N–H and O–H groups in total. The Morgan fingerprint density at radius 3 is 2.67 bits per heavy atom. The van der Waals surface area contributed by atoms with Crippen molar-refractivity contribution >= 4 is 5.91 Å². The SMILES string of the molecule is COCCN(C[C@H]1CN(C[C@H](O)COCC(F)(F)C(F)F)CCO1)C(=O)c1ccc(F)cc1. The van der Waals surface area contributed by atoms with Gasteiger partial charge in [0.25, 0.3) is 5.91 Å². The molecule has 188 valence electrons. The van der Waals surface area contributed by atoms with Gasteiger partial charge in [0.05, 0.1) is 32.0 Å². The Morgan fingerprint density at radius 1 is 1.33 bits per heavy atom. The second-order valence-electron chi connectivity index (χ2n) is 7.73. The van der Waals surface area contributed by atoms with Crippen LogP contribution in [0.1, 0.15) is 10.4 Å². The van der Waals surface area contributed by atoms with Gasteiger partial charge in [0.2, 0.25) is 0 Å². The maximum atomic E-state index is 13.2. The number of β-amino-alcohol motifs (C(OH)–C–C–N with tert-alkyl or cyclic N) is 1. The van der Waals surface area contributed by atoms with E-state index in [4.69, 9.17) is 9.47 Å². The third-order valence-corrected chi connectivity index (χ3v) is 4.98. The smallest absolute Gasteiger partial charge is 0.330 e. The van der Waals surface area contributed by atoms with Crippen molar-refractivity contribution in [3.8, 4) is 0 Å². The Labute approximate surface area is 189 Å². The van der Waals surface area contributed by atoms with Crippen LogP contribution >= 0.6 is 0 Å². The number of morpholine rings is 1. The monoisotopic (exact) mass is 484 g/mol. The van der Waals surface area contributed by atoms with Gasteiger partial charge in [-0.3, -0.25) is 9.69 Å². The highest BCUT2D eigenvalue weighted by atomic mass is 19.3. The lowest BCUT2D eigenvalue weighted by atomic mass is 10.1. The zero-order valence-corrected chi connectivity index (χ0v) is 18.3. The number of ether oxygens (including phenoxy) is 3. The average Bonchev–Trinajstić information content (AvgIpc) is 2.76. The van der Waals surface area contributed by atoms with Gasteiger partial charge in [-0.1, -0.05) is 0 Å². The minimum atomic E-state index is -4.27. The number of carbonyl (C=O) groups is 1. The molecular weight excluding hydrogens is 455 g/mol. The topological polar surface area (TPSA) is 71.5 Å². The second-order valence-corrected chi connectivity index (χ2v) is 7.73. The van der Waals surface area contributed by atoms with Crippen LogP contribution in [0.25, 0.3) is 0 Å². The van der Waals surface area contributed by atoms with E-state index >= 15 is 0 Å². The number of hydrogen-bond donors (Lipinski definition) is 1. The van der Waals surface area contributed by atoms with Gasteiger partial charge in [0.15, 0.2) is 0 Å². The van der Waals surface area contributed by atoms with Gasteiger partial charge in [-0.15, -0.1) is 0 Å². The minimum Gasteiger partial charge on any atom is -0.389 e. The number of aliphatic hydroxyl groups excluding tert-OH is 1. The number of aliphatic hydroxyl groups is 1. The first kappa shape index (κ1) is 27.4. The molecule has 1 amide bonds. The fourth-order valence-corrected chi connectivity index (χ4v) is 3.30. The van der Waals surface area contributed by atoms with Crippen molar-refractivity contribution in [1.29, 1.82) is 0 Å². The molecule has 7 nitrogen and oxygen atoms in total. The molecule has 1 saturated heterocycles. The Hall–Kier alpha value is -1.86. The Kier molecular flexibility index (Phi) is 10.9. The third-order valence-electron chi connectivity index (χ3n) is 4.98. The molecule has 0 radical (unpaired) electrons. The number of alkyl halides is 4. The molecule has 1 aliphatic heterocycles. The highest BCUT2D eigenvalue weighted by Gasteiger charge is 2.41. The van der Waals surface area contributed by atoms with Gasteiger partial charge < -0.3 is 24.2 Å². The van der Waals surface area contributed by atoms with Gasteiger partial charge in [-0.05, 0) is 24.3 Å². The Morgan fingerprint density at radius 2 is 2.03 bits per heavy atom. The van der Waals surface area contributed by atoms with Crippen LogP contribution < -0.4 is 0 Å². The molecule has 2 rings (SSSR count). The number of nitrogens with zero attached hydrogens (tertiary/aromatic N) is 2. The zero-order valence-electron chi connectivity index (χ0n) is 18.3. The summed E-state index contributed by atoms with van der Waals surface area (Å²) in [6, 6.07) is 5.17. The number of benzene rings is 1. The molecule has 0 saturated carbocycles. The molecule has 1 fully saturated rings. The number of rotatable bonds is 13. The molecule has 0 unspecified atom stereocenters. The molecule has 0 aromatic heterocycles. The van der Waals surface area contributed by atoms with Crippen LogP contribution in [0.2, 0.25) is 0 Å². The lowest BCUT2D eigenvalue weighted by Gasteiger charge is -2.36. The summed E-state index contributed by atoms with van der Waals surface area (Å²) in [5.41, 5.74) is 0.313. The van der Waals surface area contributed by atoms with E-state index in [0.29, 0.717) is 25.3 Å². The number of carbonyl (C=O) groups excluding carboxylic acids is 1. The van der Waals surface area contributed by atoms with Crippen molar-refractivity contribution in [1.82, 2.24) is 9.80 Å². The summed E-state index contributed by atoms with van der Waals surface area (Å²) in [7, 11) is 1.50. The Bertz CT molecular complexity index is 726. The predicted molar refractivity (Wildman–Crippen MR) is 108 cm³/mol. The van der Waals surface area contributed by atoms with Crippen molar-refractivity contribution in [2.75, 3.05) is 66.3 Å². The van der Waals surface area contributed by atoms with Gasteiger partial charge >= 0.3 is 12.3 Å². The molecule has 0 bridgehead atoms. The average molecular weight is 484 g/mol. The maximum absolute atomic E-state index is 13.2. The minimum absolute atomic E-state index is 0.0596. The first-order valence-electron chi connectivity index (χ1n) is 10.4. The number of halogens is 5. The van der Waals surface area contributed by atoms with E-state index < -0.39 is 43.6 Å². The molecule has 1 heterocycles. The lowest BCUT2D eigenvalue weighted by molar-refractivity contribution is -0.171. The fourth-order valence-electron chi connectivity index (χ4n) is 3.30. The van der Waals surface area contributed by atoms with Crippen LogP contribution in [0.5, 0.6) is 0 Å². The van der Waals surface area contributed by atoms with E-state index in [-0.39, 0.29) is 32.1 Å². The molecule has 2 atom stereocenters. The first-order valence-corrected chi connectivity index (χ1v) is 10.4. The summed E-state index contributed by atoms with van der Waals surface area (Å²) in [5.74, 6) is -5.05. The quantitative estimate of drug-likeness (QED) is 0.432. The van der Waals surface area contributed by atoms with Gasteiger partial charge in [-0.2, -0.15) is 8.78 Å². The molecule has 1 aliphatic rings. The molecule has 0 aliphatic carbocycles. The van der Waals surface area contributed by atoms with Crippen LogP contribution in [-0.2, 0) is 14.2 Å². The van der Waals surface area contributed by atoms with Gasteiger partial charge in [0.1, 0.15) is 12.4 Å². The summed E-state index contributed by atoms with van der Waals surface area (Å²) >= 11 is 0. The highest BCUT2D eigenvalue weighted by molar-refractivity contribution is 5.94. The first-order chi connectivity index (χ1) is 15.6. The molecule has 0 spiro atoms. The summed E-state index contributed by atoms with van der Waals surface area (Å²) < 4.78 is 78.6. The Balaban J connectivity index is 1.87. The summed E-state index contributed by atoms with van der Waals surface area (Å²) in [4.78, 5) is 16.2. The van der Waals surface area contributed by atoms with Crippen LogP contribution in [-0.4, -0.2) is 112 Å². The van der Waals surface area contributed by atoms with E-state index in [0.717, 1.165) is 0 Å².